The van der Waals surface area contributed by atoms with Gasteiger partial charge in [-0.05, 0) is 36.4 Å². The summed E-state index contributed by atoms with van der Waals surface area (Å²) in [5.74, 6) is -0.148. The van der Waals surface area contributed by atoms with Crippen LogP contribution in [0, 0.1) is 0 Å². The van der Waals surface area contributed by atoms with Gasteiger partial charge in [0, 0.05) is 18.1 Å². The van der Waals surface area contributed by atoms with Crippen LogP contribution < -0.4 is 16.0 Å². The lowest BCUT2D eigenvalue weighted by Gasteiger charge is -2.14. The Bertz CT molecular complexity index is 855. The third kappa shape index (κ3) is 4.71. The highest BCUT2D eigenvalue weighted by Crippen LogP contribution is 2.29. The fourth-order valence-electron chi connectivity index (χ4n) is 2.26. The number of nitrogens with zero attached hydrogens (tertiary/aromatic N) is 1. The first kappa shape index (κ1) is 16.8. The molecule has 0 aliphatic heterocycles. The second kappa shape index (κ2) is 8.17. The topological polar surface area (TPSA) is 66.0 Å². The largest absolute Gasteiger partial charge is 0.376 e. The first-order valence-corrected chi connectivity index (χ1v) is 8.14. The van der Waals surface area contributed by atoms with Crippen LogP contribution in [-0.2, 0) is 4.79 Å². The van der Waals surface area contributed by atoms with Crippen LogP contribution in [0.25, 0.3) is 0 Å². The number of halogens is 1. The van der Waals surface area contributed by atoms with E-state index in [4.69, 9.17) is 11.6 Å². The molecule has 0 atom stereocenters. The number of anilines is 4. The van der Waals surface area contributed by atoms with Crippen molar-refractivity contribution in [1.29, 1.82) is 0 Å². The molecule has 1 amide bonds. The van der Waals surface area contributed by atoms with E-state index in [-0.39, 0.29) is 12.5 Å². The third-order valence-corrected chi connectivity index (χ3v) is 3.81. The maximum absolute atomic E-state index is 12.2. The summed E-state index contributed by atoms with van der Waals surface area (Å²) in [6.45, 7) is 0.157. The smallest absolute Gasteiger partial charge is 0.243 e. The molecular weight excluding hydrogens is 336 g/mol. The molecule has 0 unspecified atom stereocenters. The quantitative estimate of drug-likeness (QED) is 0.609. The van der Waals surface area contributed by atoms with Crippen LogP contribution in [0.5, 0.6) is 0 Å². The van der Waals surface area contributed by atoms with Crippen molar-refractivity contribution in [3.8, 4) is 0 Å². The summed E-state index contributed by atoms with van der Waals surface area (Å²) in [6, 6.07) is 18.5. The number of aromatic nitrogens is 1. The number of benzene rings is 2. The molecule has 0 spiro atoms. The van der Waals surface area contributed by atoms with Crippen LogP contribution in [-0.4, -0.2) is 17.4 Å². The summed E-state index contributed by atoms with van der Waals surface area (Å²) in [5, 5.41) is 9.81. The highest BCUT2D eigenvalue weighted by molar-refractivity contribution is 6.33. The average molecular weight is 353 g/mol. The molecule has 1 aromatic heterocycles. The average Bonchev–Trinajstić information content (AvgIpc) is 2.64. The lowest BCUT2D eigenvalue weighted by atomic mass is 10.2. The van der Waals surface area contributed by atoms with Gasteiger partial charge in [0.25, 0.3) is 0 Å². The van der Waals surface area contributed by atoms with E-state index in [0.29, 0.717) is 10.7 Å². The molecule has 5 nitrogen and oxygen atoms in total. The van der Waals surface area contributed by atoms with E-state index in [1.54, 1.807) is 24.5 Å². The molecule has 0 bridgehead atoms. The predicted octanol–water partition coefficient (Wildman–Crippen LogP) is 4.53. The maximum atomic E-state index is 12.2. The number of para-hydroxylation sites is 3. The van der Waals surface area contributed by atoms with E-state index in [0.717, 1.165) is 17.1 Å². The molecule has 1 heterocycles. The number of carbonyl (C=O) groups excluding carboxylic acids is 1. The summed E-state index contributed by atoms with van der Waals surface area (Å²) in [5.41, 5.74) is 3.07. The standard InChI is InChI=1S/C19H17ClN4O/c20-15-5-1-2-6-16(15)23-17-7-3-4-8-18(17)24-19(25)13-22-14-9-11-21-12-10-14/h1-12,23H,13H2,(H,21,22)(H,24,25). The van der Waals surface area contributed by atoms with Crippen molar-refractivity contribution in [2.45, 2.75) is 0 Å². The van der Waals surface area contributed by atoms with Gasteiger partial charge in [-0.2, -0.15) is 0 Å². The summed E-state index contributed by atoms with van der Waals surface area (Å²) in [4.78, 5) is 16.2. The number of nitrogens with one attached hydrogen (secondary N) is 3. The van der Waals surface area contributed by atoms with Crippen molar-refractivity contribution in [3.63, 3.8) is 0 Å². The van der Waals surface area contributed by atoms with Gasteiger partial charge in [-0.1, -0.05) is 35.9 Å². The number of hydrogen-bond donors (Lipinski definition) is 3. The van der Waals surface area contributed by atoms with E-state index in [1.807, 2.05) is 48.5 Å². The van der Waals surface area contributed by atoms with Gasteiger partial charge >= 0.3 is 0 Å². The number of hydrogen-bond acceptors (Lipinski definition) is 4. The molecule has 3 aromatic rings. The first-order chi connectivity index (χ1) is 12.2. The zero-order valence-electron chi connectivity index (χ0n) is 13.4. The highest BCUT2D eigenvalue weighted by atomic mass is 35.5. The van der Waals surface area contributed by atoms with Crippen molar-refractivity contribution in [2.24, 2.45) is 0 Å². The summed E-state index contributed by atoms with van der Waals surface area (Å²) < 4.78 is 0. The molecule has 25 heavy (non-hydrogen) atoms. The summed E-state index contributed by atoms with van der Waals surface area (Å²) >= 11 is 6.18. The van der Waals surface area contributed by atoms with Crippen LogP contribution in [0.15, 0.2) is 73.1 Å². The fraction of sp³-hybridized carbons (Fsp3) is 0.0526. The van der Waals surface area contributed by atoms with E-state index < -0.39 is 0 Å². The molecule has 3 rings (SSSR count). The van der Waals surface area contributed by atoms with Crippen molar-refractivity contribution >= 4 is 40.3 Å². The number of pyridine rings is 1. The minimum atomic E-state index is -0.148. The maximum Gasteiger partial charge on any atom is 0.243 e. The molecule has 0 saturated heterocycles. The van der Waals surface area contributed by atoms with E-state index in [1.165, 1.54) is 0 Å². The summed E-state index contributed by atoms with van der Waals surface area (Å²) in [6.07, 6.45) is 3.34. The van der Waals surface area contributed by atoms with Gasteiger partial charge in [-0.25, -0.2) is 0 Å². The minimum Gasteiger partial charge on any atom is -0.376 e. The van der Waals surface area contributed by atoms with Crippen LogP contribution in [0.2, 0.25) is 5.02 Å². The predicted molar refractivity (Wildman–Crippen MR) is 103 cm³/mol. The molecule has 2 aromatic carbocycles. The number of amides is 1. The van der Waals surface area contributed by atoms with E-state index in [9.17, 15) is 4.79 Å². The van der Waals surface area contributed by atoms with Gasteiger partial charge in [-0.3, -0.25) is 9.78 Å². The van der Waals surface area contributed by atoms with Crippen LogP contribution >= 0.6 is 11.6 Å². The van der Waals surface area contributed by atoms with Gasteiger partial charge < -0.3 is 16.0 Å². The van der Waals surface area contributed by atoms with Gasteiger partial charge in [0.1, 0.15) is 0 Å². The SMILES string of the molecule is O=C(CNc1ccncc1)Nc1ccccc1Nc1ccccc1Cl. The molecule has 0 aliphatic rings. The van der Waals surface area contributed by atoms with Crippen LogP contribution in [0.4, 0.5) is 22.7 Å². The van der Waals surface area contributed by atoms with E-state index >= 15 is 0 Å². The lowest BCUT2D eigenvalue weighted by Crippen LogP contribution is -2.22. The van der Waals surface area contributed by atoms with Crippen LogP contribution in [0.1, 0.15) is 0 Å². The van der Waals surface area contributed by atoms with Gasteiger partial charge in [0.15, 0.2) is 0 Å². The molecule has 0 fully saturated rings. The highest BCUT2D eigenvalue weighted by Gasteiger charge is 2.08. The Morgan fingerprint density at radius 1 is 0.880 bits per heavy atom. The second-order valence-corrected chi connectivity index (χ2v) is 5.70. The first-order valence-electron chi connectivity index (χ1n) is 7.77. The van der Waals surface area contributed by atoms with Crippen molar-refractivity contribution in [2.75, 3.05) is 22.5 Å². The molecule has 0 radical (unpaired) electrons. The van der Waals surface area contributed by atoms with Crippen molar-refractivity contribution in [3.05, 3.63) is 78.1 Å². The minimum absolute atomic E-state index is 0.148. The van der Waals surface area contributed by atoms with Crippen LogP contribution in [0.3, 0.4) is 0 Å². The Hall–Kier alpha value is -3.05. The Balaban J connectivity index is 1.66. The Morgan fingerprint density at radius 2 is 1.52 bits per heavy atom. The Kier molecular flexibility index (Phi) is 5.49. The molecule has 0 saturated carbocycles. The third-order valence-electron chi connectivity index (χ3n) is 3.48. The number of carbonyl (C=O) groups is 1. The van der Waals surface area contributed by atoms with Crippen molar-refractivity contribution in [1.82, 2.24) is 4.98 Å². The van der Waals surface area contributed by atoms with Gasteiger partial charge in [-0.15, -0.1) is 0 Å². The summed E-state index contributed by atoms with van der Waals surface area (Å²) in [7, 11) is 0. The second-order valence-electron chi connectivity index (χ2n) is 5.29. The zero-order chi connectivity index (χ0) is 17.5. The normalized spacial score (nSPS) is 10.1. The Morgan fingerprint density at radius 3 is 2.24 bits per heavy atom. The number of rotatable bonds is 6. The van der Waals surface area contributed by atoms with E-state index in [2.05, 4.69) is 20.9 Å². The fourth-order valence-corrected chi connectivity index (χ4v) is 2.44. The van der Waals surface area contributed by atoms with Crippen molar-refractivity contribution < 1.29 is 4.79 Å². The van der Waals surface area contributed by atoms with Gasteiger partial charge in [0.05, 0.1) is 28.6 Å². The van der Waals surface area contributed by atoms with Gasteiger partial charge in [0.2, 0.25) is 5.91 Å². The molecule has 0 aliphatic carbocycles. The molecule has 126 valence electrons. The molecule has 6 heteroatoms. The zero-order valence-corrected chi connectivity index (χ0v) is 14.1. The Labute approximate surface area is 151 Å². The lowest BCUT2D eigenvalue weighted by molar-refractivity contribution is -0.114. The monoisotopic (exact) mass is 352 g/mol. The molecular formula is C19H17ClN4O. The molecule has 3 N–H and O–H groups in total.